The van der Waals surface area contributed by atoms with E-state index in [0.29, 0.717) is 5.02 Å². The summed E-state index contributed by atoms with van der Waals surface area (Å²) in [5.74, 6) is -0.185. The van der Waals surface area contributed by atoms with E-state index in [1.807, 2.05) is 19.1 Å². The molecule has 0 aromatic heterocycles. The number of sulfonamides is 1. The third kappa shape index (κ3) is 4.80. The zero-order chi connectivity index (χ0) is 19.6. The maximum Gasteiger partial charge on any atom is 0.251 e. The van der Waals surface area contributed by atoms with Crippen LogP contribution in [-0.4, -0.2) is 27.5 Å². The second kappa shape index (κ2) is 7.88. The van der Waals surface area contributed by atoms with Gasteiger partial charge < -0.3 is 10.1 Å². The van der Waals surface area contributed by atoms with E-state index < -0.39 is 10.0 Å². The van der Waals surface area contributed by atoms with E-state index in [9.17, 15) is 13.2 Å². The van der Waals surface area contributed by atoms with E-state index >= 15 is 0 Å². The van der Waals surface area contributed by atoms with E-state index in [1.54, 1.807) is 12.1 Å². The zero-order valence-electron chi connectivity index (χ0n) is 15.0. The molecule has 0 bridgehead atoms. The molecule has 6 nitrogen and oxygen atoms in total. The molecule has 1 saturated carbocycles. The van der Waals surface area contributed by atoms with E-state index in [2.05, 4.69) is 10.0 Å². The van der Waals surface area contributed by atoms with E-state index in [1.165, 1.54) is 25.3 Å². The van der Waals surface area contributed by atoms with Crippen molar-refractivity contribution in [1.29, 1.82) is 0 Å². The number of rotatable bonds is 7. The van der Waals surface area contributed by atoms with Crippen molar-refractivity contribution < 1.29 is 17.9 Å². The van der Waals surface area contributed by atoms with E-state index in [-0.39, 0.29) is 34.2 Å². The van der Waals surface area contributed by atoms with Gasteiger partial charge in [0.05, 0.1) is 13.2 Å². The van der Waals surface area contributed by atoms with Gasteiger partial charge in [0.2, 0.25) is 10.0 Å². The molecule has 0 aliphatic heterocycles. The van der Waals surface area contributed by atoms with Crippen molar-refractivity contribution in [2.75, 3.05) is 7.11 Å². The molecule has 2 aromatic carbocycles. The van der Waals surface area contributed by atoms with Crippen LogP contribution in [0.4, 0.5) is 0 Å². The normalized spacial score (nSPS) is 15.2. The van der Waals surface area contributed by atoms with Crippen LogP contribution < -0.4 is 14.8 Å². The van der Waals surface area contributed by atoms with Crippen molar-refractivity contribution in [3.8, 4) is 5.75 Å². The van der Waals surface area contributed by atoms with Crippen LogP contribution >= 0.6 is 11.6 Å². The summed E-state index contributed by atoms with van der Waals surface area (Å²) in [6, 6.07) is 11.2. The van der Waals surface area contributed by atoms with Crippen LogP contribution in [0.15, 0.2) is 47.4 Å². The van der Waals surface area contributed by atoms with Crippen LogP contribution in [0.3, 0.4) is 0 Å². The second-order valence-corrected chi connectivity index (χ2v) is 8.63. The van der Waals surface area contributed by atoms with Gasteiger partial charge in [0, 0.05) is 16.6 Å². The Morgan fingerprint density at radius 1 is 1.22 bits per heavy atom. The summed E-state index contributed by atoms with van der Waals surface area (Å²) in [6.07, 6.45) is 1.64. The highest BCUT2D eigenvalue weighted by atomic mass is 35.5. The van der Waals surface area contributed by atoms with Gasteiger partial charge in [-0.05, 0) is 55.7 Å². The smallest absolute Gasteiger partial charge is 0.251 e. The molecular weight excluding hydrogens is 388 g/mol. The van der Waals surface area contributed by atoms with Crippen molar-refractivity contribution >= 4 is 27.5 Å². The number of ether oxygens (including phenoxy) is 1. The van der Waals surface area contributed by atoms with Crippen molar-refractivity contribution in [2.45, 2.75) is 36.7 Å². The molecule has 0 saturated heterocycles. The number of halogens is 1. The lowest BCUT2D eigenvalue weighted by molar-refractivity contribution is 0.0939. The van der Waals surface area contributed by atoms with Crippen LogP contribution in [0.25, 0.3) is 0 Å². The van der Waals surface area contributed by atoms with Gasteiger partial charge >= 0.3 is 0 Å². The minimum absolute atomic E-state index is 0.0416. The van der Waals surface area contributed by atoms with Gasteiger partial charge in [0.15, 0.2) is 0 Å². The quantitative estimate of drug-likeness (QED) is 0.736. The Kier molecular flexibility index (Phi) is 5.74. The average Bonchev–Trinajstić information content (AvgIpc) is 3.44. The predicted octanol–water partition coefficient (Wildman–Crippen LogP) is 3.28. The molecule has 27 heavy (non-hydrogen) atoms. The molecule has 144 valence electrons. The molecule has 1 unspecified atom stereocenters. The summed E-state index contributed by atoms with van der Waals surface area (Å²) in [5.41, 5.74) is 1.09. The zero-order valence-corrected chi connectivity index (χ0v) is 16.6. The highest BCUT2D eigenvalue weighted by Gasteiger charge is 2.30. The molecule has 1 fully saturated rings. The first-order valence-electron chi connectivity index (χ1n) is 8.57. The predicted molar refractivity (Wildman–Crippen MR) is 104 cm³/mol. The number of amides is 1. The van der Waals surface area contributed by atoms with Crippen molar-refractivity contribution in [1.82, 2.24) is 10.0 Å². The van der Waals surface area contributed by atoms with Crippen LogP contribution in [-0.2, 0) is 10.0 Å². The summed E-state index contributed by atoms with van der Waals surface area (Å²) < 4.78 is 32.9. The van der Waals surface area contributed by atoms with Crippen molar-refractivity contribution in [2.24, 2.45) is 0 Å². The second-order valence-electron chi connectivity index (χ2n) is 6.51. The van der Waals surface area contributed by atoms with Gasteiger partial charge in [0.1, 0.15) is 10.6 Å². The summed E-state index contributed by atoms with van der Waals surface area (Å²) in [4.78, 5) is 12.6. The third-order valence-electron chi connectivity index (χ3n) is 4.31. The first kappa shape index (κ1) is 19.7. The maximum absolute atomic E-state index is 12.6. The molecule has 2 N–H and O–H groups in total. The Hall–Kier alpha value is -2.09. The largest absolute Gasteiger partial charge is 0.495 e. The molecule has 1 aliphatic rings. The molecule has 8 heteroatoms. The molecule has 1 aliphatic carbocycles. The molecule has 1 atom stereocenters. The number of nitrogens with one attached hydrogen (secondary N) is 2. The Labute approximate surface area is 163 Å². The fourth-order valence-electron chi connectivity index (χ4n) is 2.65. The molecule has 0 radical (unpaired) electrons. The van der Waals surface area contributed by atoms with Gasteiger partial charge in [-0.2, -0.15) is 0 Å². The van der Waals surface area contributed by atoms with E-state index in [0.717, 1.165) is 18.4 Å². The average molecular weight is 409 g/mol. The van der Waals surface area contributed by atoms with Gasteiger partial charge in [0.25, 0.3) is 5.91 Å². The lowest BCUT2D eigenvalue weighted by atomic mass is 10.1. The fourth-order valence-corrected chi connectivity index (χ4v) is 4.35. The monoisotopic (exact) mass is 408 g/mol. The number of hydrogen-bond donors (Lipinski definition) is 2. The molecule has 2 aromatic rings. The van der Waals surface area contributed by atoms with Crippen LogP contribution in [0, 0.1) is 0 Å². The summed E-state index contributed by atoms with van der Waals surface area (Å²) in [7, 11) is -2.36. The van der Waals surface area contributed by atoms with Gasteiger partial charge in [-0.3, -0.25) is 4.79 Å². The molecule has 0 spiro atoms. The Morgan fingerprint density at radius 2 is 1.96 bits per heavy atom. The van der Waals surface area contributed by atoms with Gasteiger partial charge in [-0.25, -0.2) is 13.1 Å². The van der Waals surface area contributed by atoms with Gasteiger partial charge in [-0.15, -0.1) is 0 Å². The van der Waals surface area contributed by atoms with Crippen LogP contribution in [0.1, 0.15) is 41.7 Å². The molecular formula is C19H21ClN2O4S. The summed E-state index contributed by atoms with van der Waals surface area (Å²) in [6.45, 7) is 1.83. The lowest BCUT2D eigenvalue weighted by Crippen LogP contribution is -2.28. The number of methoxy groups -OCH3 is 1. The Morgan fingerprint density at radius 3 is 2.59 bits per heavy atom. The fraction of sp³-hybridized carbons (Fsp3) is 0.316. The Bertz CT molecular complexity index is 958. The number of carbonyl (C=O) groups excluding carboxylic acids is 1. The lowest BCUT2D eigenvalue weighted by Gasteiger charge is -2.16. The summed E-state index contributed by atoms with van der Waals surface area (Å²) in [5, 5.41) is 3.44. The van der Waals surface area contributed by atoms with Crippen molar-refractivity contribution in [3.63, 3.8) is 0 Å². The number of hydrogen-bond acceptors (Lipinski definition) is 4. The van der Waals surface area contributed by atoms with E-state index in [4.69, 9.17) is 16.3 Å². The molecule has 1 amide bonds. The minimum Gasteiger partial charge on any atom is -0.495 e. The first-order valence-corrected chi connectivity index (χ1v) is 10.4. The molecule has 3 rings (SSSR count). The highest BCUT2D eigenvalue weighted by Crippen LogP contribution is 2.28. The topological polar surface area (TPSA) is 84.5 Å². The third-order valence-corrected chi connectivity index (χ3v) is 6.09. The standard InChI is InChI=1S/C19H21ClN2O4S/c1-12(13-4-3-5-15(20)10-13)21-19(23)14-6-9-17(26-2)18(11-14)27(24,25)22-16-7-8-16/h3-6,9-12,16,22H,7-8H2,1-2H3,(H,21,23). The Balaban J connectivity index is 1.83. The highest BCUT2D eigenvalue weighted by molar-refractivity contribution is 7.89. The van der Waals surface area contributed by atoms with Crippen molar-refractivity contribution in [3.05, 3.63) is 58.6 Å². The molecule has 0 heterocycles. The maximum atomic E-state index is 12.6. The van der Waals surface area contributed by atoms with Crippen LogP contribution in [0.5, 0.6) is 5.75 Å². The first-order chi connectivity index (χ1) is 12.8. The number of benzene rings is 2. The minimum atomic E-state index is -3.75. The SMILES string of the molecule is COc1ccc(C(=O)NC(C)c2cccc(Cl)c2)cc1S(=O)(=O)NC1CC1. The van der Waals surface area contributed by atoms with Crippen LogP contribution in [0.2, 0.25) is 5.02 Å². The number of carbonyl (C=O) groups is 1. The van der Waals surface area contributed by atoms with Gasteiger partial charge in [-0.1, -0.05) is 23.7 Å². The summed E-state index contributed by atoms with van der Waals surface area (Å²) >= 11 is 5.99.